The number of benzene rings is 2. The van der Waals surface area contributed by atoms with E-state index in [1.807, 2.05) is 24.3 Å². The van der Waals surface area contributed by atoms with Gasteiger partial charge >= 0.3 is 5.97 Å². The van der Waals surface area contributed by atoms with Gasteiger partial charge in [0.15, 0.2) is 0 Å². The van der Waals surface area contributed by atoms with E-state index in [0.717, 1.165) is 10.2 Å². The Morgan fingerprint density at radius 1 is 1.25 bits per heavy atom. The Kier molecular flexibility index (Phi) is 4.35. The molecule has 0 unspecified atom stereocenters. The van der Waals surface area contributed by atoms with Crippen molar-refractivity contribution in [2.24, 2.45) is 0 Å². The molecule has 1 heterocycles. The van der Waals surface area contributed by atoms with Crippen LogP contribution < -0.4 is 0 Å². The van der Waals surface area contributed by atoms with E-state index < -0.39 is 10.9 Å². The number of aliphatic carboxylic acids is 1. The molecule has 0 amide bonds. The normalized spacial score (nSPS) is 11.6. The van der Waals surface area contributed by atoms with Gasteiger partial charge in [-0.15, -0.1) is 11.3 Å². The van der Waals surface area contributed by atoms with Crippen molar-refractivity contribution < 1.29 is 14.8 Å². The number of aromatic nitrogens is 1. The summed E-state index contributed by atoms with van der Waals surface area (Å²) in [6.07, 6.45) is 1.43. The van der Waals surface area contributed by atoms with Gasteiger partial charge in [-0.1, -0.05) is 24.3 Å². The van der Waals surface area contributed by atoms with Crippen molar-refractivity contribution >= 4 is 44.9 Å². The fraction of sp³-hybridized carbons (Fsp3) is 0.0588. The predicted octanol–water partition coefficient (Wildman–Crippen LogP) is 4.22. The van der Waals surface area contributed by atoms with Crippen LogP contribution in [0.4, 0.5) is 5.69 Å². The first kappa shape index (κ1) is 15.8. The SMILES string of the molecule is O=C(O)CC(=Cc1cccc([N+](=O)[O-])c1)c1nc2ccccc2s1. The number of hydrogen-bond donors (Lipinski definition) is 1. The molecule has 0 atom stereocenters. The molecule has 0 fully saturated rings. The van der Waals surface area contributed by atoms with Crippen LogP contribution in [0.5, 0.6) is 0 Å². The molecular weight excluding hydrogens is 328 g/mol. The number of nitro benzene ring substituents is 1. The van der Waals surface area contributed by atoms with Gasteiger partial charge < -0.3 is 5.11 Å². The molecule has 3 aromatic rings. The molecule has 2 aromatic carbocycles. The van der Waals surface area contributed by atoms with E-state index in [-0.39, 0.29) is 12.1 Å². The zero-order valence-corrected chi connectivity index (χ0v) is 13.2. The summed E-state index contributed by atoms with van der Waals surface area (Å²) in [5, 5.41) is 20.7. The summed E-state index contributed by atoms with van der Waals surface area (Å²) in [7, 11) is 0. The Hall–Kier alpha value is -3.06. The molecule has 0 aliphatic rings. The van der Waals surface area contributed by atoms with Crippen LogP contribution in [0.2, 0.25) is 0 Å². The van der Waals surface area contributed by atoms with Crippen LogP contribution in [0.3, 0.4) is 0 Å². The number of carbonyl (C=O) groups is 1. The van der Waals surface area contributed by atoms with Gasteiger partial charge in [-0.05, 0) is 29.3 Å². The van der Waals surface area contributed by atoms with Crippen molar-refractivity contribution in [2.45, 2.75) is 6.42 Å². The lowest BCUT2D eigenvalue weighted by Gasteiger charge is -2.02. The molecule has 6 nitrogen and oxygen atoms in total. The zero-order chi connectivity index (χ0) is 17.1. The van der Waals surface area contributed by atoms with E-state index in [4.69, 9.17) is 5.11 Å². The first-order chi connectivity index (χ1) is 11.5. The maximum absolute atomic E-state index is 11.2. The van der Waals surface area contributed by atoms with Crippen LogP contribution in [-0.2, 0) is 4.79 Å². The van der Waals surface area contributed by atoms with E-state index >= 15 is 0 Å². The molecule has 0 spiro atoms. The monoisotopic (exact) mass is 340 g/mol. The van der Waals surface area contributed by atoms with Crippen LogP contribution in [-0.4, -0.2) is 21.0 Å². The lowest BCUT2D eigenvalue weighted by Crippen LogP contribution is -1.97. The largest absolute Gasteiger partial charge is 0.481 e. The number of nitrogens with zero attached hydrogens (tertiary/aromatic N) is 2. The second-order valence-corrected chi connectivity index (χ2v) is 6.11. The molecule has 7 heteroatoms. The van der Waals surface area contributed by atoms with Gasteiger partial charge in [0, 0.05) is 12.1 Å². The molecule has 0 saturated carbocycles. The average molecular weight is 340 g/mol. The third-order valence-corrected chi connectivity index (χ3v) is 4.44. The van der Waals surface area contributed by atoms with Crippen molar-refractivity contribution in [2.75, 3.05) is 0 Å². The van der Waals surface area contributed by atoms with Gasteiger partial charge in [-0.25, -0.2) is 4.98 Å². The number of non-ortho nitro benzene ring substituents is 1. The van der Waals surface area contributed by atoms with E-state index in [0.29, 0.717) is 16.1 Å². The molecular formula is C17H12N2O4S. The van der Waals surface area contributed by atoms with E-state index in [9.17, 15) is 14.9 Å². The van der Waals surface area contributed by atoms with Gasteiger partial charge in [0.05, 0.1) is 21.6 Å². The maximum atomic E-state index is 11.2. The fourth-order valence-corrected chi connectivity index (χ4v) is 3.27. The van der Waals surface area contributed by atoms with Crippen molar-refractivity contribution in [3.8, 4) is 0 Å². The van der Waals surface area contributed by atoms with E-state index in [1.54, 1.807) is 18.2 Å². The van der Waals surface area contributed by atoms with Gasteiger partial charge in [0.25, 0.3) is 5.69 Å². The lowest BCUT2D eigenvalue weighted by molar-refractivity contribution is -0.384. The highest BCUT2D eigenvalue weighted by molar-refractivity contribution is 7.19. The van der Waals surface area contributed by atoms with Gasteiger partial charge in [-0.3, -0.25) is 14.9 Å². The van der Waals surface area contributed by atoms with Gasteiger partial charge in [0.1, 0.15) is 5.01 Å². The highest BCUT2D eigenvalue weighted by Crippen LogP contribution is 2.30. The Balaban J connectivity index is 2.07. The molecule has 1 aromatic heterocycles. The topological polar surface area (TPSA) is 93.3 Å². The quantitative estimate of drug-likeness (QED) is 0.554. The third-order valence-electron chi connectivity index (χ3n) is 3.33. The zero-order valence-electron chi connectivity index (χ0n) is 12.4. The molecule has 24 heavy (non-hydrogen) atoms. The van der Waals surface area contributed by atoms with Crippen LogP contribution in [0.15, 0.2) is 48.5 Å². The Bertz CT molecular complexity index is 929. The molecule has 3 rings (SSSR count). The maximum Gasteiger partial charge on any atom is 0.307 e. The number of rotatable bonds is 5. The summed E-state index contributed by atoms with van der Waals surface area (Å²) in [6.45, 7) is 0. The molecule has 0 saturated heterocycles. The lowest BCUT2D eigenvalue weighted by atomic mass is 10.1. The minimum atomic E-state index is -0.981. The second kappa shape index (κ2) is 6.59. The summed E-state index contributed by atoms with van der Waals surface area (Å²) < 4.78 is 0.961. The molecule has 0 bridgehead atoms. The number of nitro groups is 1. The Labute approximate surface area is 140 Å². The van der Waals surface area contributed by atoms with Gasteiger partial charge in [-0.2, -0.15) is 0 Å². The average Bonchev–Trinajstić information content (AvgIpc) is 2.98. The summed E-state index contributed by atoms with van der Waals surface area (Å²) in [6, 6.07) is 13.6. The number of fused-ring (bicyclic) bond motifs is 1. The highest BCUT2D eigenvalue weighted by Gasteiger charge is 2.13. The number of carboxylic acids is 1. The van der Waals surface area contributed by atoms with E-state index in [1.165, 1.54) is 23.5 Å². The minimum Gasteiger partial charge on any atom is -0.481 e. The first-order valence-electron chi connectivity index (χ1n) is 7.06. The minimum absolute atomic E-state index is 0.0391. The van der Waals surface area contributed by atoms with Crippen LogP contribution in [0.1, 0.15) is 17.0 Å². The summed E-state index contributed by atoms with van der Waals surface area (Å²) in [4.78, 5) is 26.1. The molecule has 0 radical (unpaired) electrons. The number of thiazole rings is 1. The number of hydrogen-bond acceptors (Lipinski definition) is 5. The molecule has 0 aliphatic heterocycles. The Morgan fingerprint density at radius 2 is 2.04 bits per heavy atom. The number of carboxylic acid groups (broad SMARTS) is 1. The molecule has 0 aliphatic carbocycles. The Morgan fingerprint density at radius 3 is 2.75 bits per heavy atom. The standard InChI is InChI=1S/C17H12N2O4S/c20-16(21)10-12(8-11-4-3-5-13(9-11)19(22)23)17-18-14-6-1-2-7-15(14)24-17/h1-9H,10H2,(H,20,21). The highest BCUT2D eigenvalue weighted by atomic mass is 32.1. The third kappa shape index (κ3) is 3.47. The van der Waals surface area contributed by atoms with Crippen LogP contribution in [0, 0.1) is 10.1 Å². The van der Waals surface area contributed by atoms with Crippen LogP contribution in [0.25, 0.3) is 21.9 Å². The summed E-state index contributed by atoms with van der Waals surface area (Å²) in [5.74, 6) is -0.981. The van der Waals surface area contributed by atoms with Gasteiger partial charge in [0.2, 0.25) is 0 Å². The van der Waals surface area contributed by atoms with Crippen molar-refractivity contribution in [3.63, 3.8) is 0 Å². The van der Waals surface area contributed by atoms with Crippen LogP contribution >= 0.6 is 11.3 Å². The smallest absolute Gasteiger partial charge is 0.307 e. The fourth-order valence-electron chi connectivity index (χ4n) is 2.29. The van der Waals surface area contributed by atoms with Crippen molar-refractivity contribution in [3.05, 3.63) is 69.2 Å². The second-order valence-electron chi connectivity index (χ2n) is 5.08. The van der Waals surface area contributed by atoms with Crippen molar-refractivity contribution in [1.82, 2.24) is 4.98 Å². The number of para-hydroxylation sites is 1. The van der Waals surface area contributed by atoms with Crippen molar-refractivity contribution in [1.29, 1.82) is 0 Å². The summed E-state index contributed by atoms with van der Waals surface area (Å²) in [5.41, 5.74) is 1.85. The molecule has 120 valence electrons. The predicted molar refractivity (Wildman–Crippen MR) is 92.8 cm³/mol. The summed E-state index contributed by atoms with van der Waals surface area (Å²) >= 11 is 1.40. The molecule has 1 N–H and O–H groups in total. The first-order valence-corrected chi connectivity index (χ1v) is 7.87. The van der Waals surface area contributed by atoms with E-state index in [2.05, 4.69) is 4.98 Å².